The molecule has 0 aromatic carbocycles. The van der Waals surface area contributed by atoms with Gasteiger partial charge in [-0.3, -0.25) is 0 Å². The number of allylic oxidation sites excluding steroid dienone is 1. The van der Waals surface area contributed by atoms with E-state index in [0.29, 0.717) is 0 Å². The zero-order valence-electron chi connectivity index (χ0n) is 9.74. The molecular weight excluding hydrogens is 242 g/mol. The molecule has 0 N–H and O–H groups in total. The van der Waals surface area contributed by atoms with E-state index in [1.165, 1.54) is 4.61 Å². The number of halogens is 1. The highest BCUT2D eigenvalue weighted by molar-refractivity contribution is 9.11. The maximum Gasteiger partial charge on any atom is 0.0755 e. The summed E-state index contributed by atoms with van der Waals surface area (Å²) in [4.78, 5) is 2.37. The summed E-state index contributed by atoms with van der Waals surface area (Å²) in [5.41, 5.74) is 0. The molecule has 0 aliphatic carbocycles. The maximum absolute atomic E-state index is 3.71. The SMILES string of the molecule is CCN(CC)/C(Br)=C(/C)[Si](C)(C)C. The molecule has 0 saturated carbocycles. The molecular formula is C10H22BrNSi. The Hall–Kier alpha value is 0.237. The fraction of sp³-hybridized carbons (Fsp3) is 0.800. The summed E-state index contributed by atoms with van der Waals surface area (Å²) in [7, 11) is -1.13. The van der Waals surface area contributed by atoms with E-state index in [9.17, 15) is 0 Å². The van der Waals surface area contributed by atoms with Crippen molar-refractivity contribution in [3.05, 3.63) is 9.80 Å². The number of rotatable bonds is 4. The van der Waals surface area contributed by atoms with Crippen LogP contribution in [0.2, 0.25) is 19.6 Å². The molecule has 1 nitrogen and oxygen atoms in total. The molecule has 78 valence electrons. The van der Waals surface area contributed by atoms with Gasteiger partial charge in [0.05, 0.1) is 12.7 Å². The van der Waals surface area contributed by atoms with Gasteiger partial charge in [-0.1, -0.05) is 24.8 Å². The molecule has 0 rings (SSSR count). The van der Waals surface area contributed by atoms with E-state index in [2.05, 4.69) is 61.2 Å². The van der Waals surface area contributed by atoms with Crippen LogP contribution in [0.4, 0.5) is 0 Å². The summed E-state index contributed by atoms with van der Waals surface area (Å²) >= 11 is 3.71. The second-order valence-corrected chi connectivity index (χ2v) is 10.3. The Kier molecular flexibility index (Phi) is 5.30. The van der Waals surface area contributed by atoms with Crippen LogP contribution in [0.25, 0.3) is 0 Å². The molecule has 0 bridgehead atoms. The van der Waals surface area contributed by atoms with E-state index in [4.69, 9.17) is 0 Å². The Balaban J connectivity index is 4.79. The highest BCUT2D eigenvalue weighted by Gasteiger charge is 2.20. The largest absolute Gasteiger partial charge is 0.367 e. The lowest BCUT2D eigenvalue weighted by molar-refractivity contribution is 0.409. The Morgan fingerprint density at radius 3 is 1.77 bits per heavy atom. The van der Waals surface area contributed by atoms with Crippen LogP contribution < -0.4 is 0 Å². The average molecular weight is 264 g/mol. The predicted molar refractivity (Wildman–Crippen MR) is 67.9 cm³/mol. The first-order valence-electron chi connectivity index (χ1n) is 4.96. The summed E-state index contributed by atoms with van der Waals surface area (Å²) in [5, 5.41) is 1.55. The van der Waals surface area contributed by atoms with Gasteiger partial charge in [0.1, 0.15) is 0 Å². The third-order valence-electron chi connectivity index (χ3n) is 2.48. The first-order valence-corrected chi connectivity index (χ1v) is 9.25. The molecule has 0 saturated heterocycles. The van der Waals surface area contributed by atoms with Gasteiger partial charge in [-0.05, 0) is 36.7 Å². The van der Waals surface area contributed by atoms with Crippen molar-refractivity contribution in [2.24, 2.45) is 0 Å². The lowest BCUT2D eigenvalue weighted by atomic mass is 10.5. The maximum atomic E-state index is 3.71. The molecule has 0 atom stereocenters. The lowest BCUT2D eigenvalue weighted by Gasteiger charge is -2.27. The van der Waals surface area contributed by atoms with Crippen molar-refractivity contribution in [1.82, 2.24) is 4.90 Å². The van der Waals surface area contributed by atoms with E-state index >= 15 is 0 Å². The van der Waals surface area contributed by atoms with Gasteiger partial charge < -0.3 is 4.90 Å². The Labute approximate surface area is 92.3 Å². The number of hydrogen-bond acceptors (Lipinski definition) is 1. The van der Waals surface area contributed by atoms with Crippen LogP contribution in [0, 0.1) is 0 Å². The van der Waals surface area contributed by atoms with Crippen LogP contribution in [0.1, 0.15) is 20.8 Å². The van der Waals surface area contributed by atoms with Crippen molar-refractivity contribution >= 4 is 24.0 Å². The fourth-order valence-electron chi connectivity index (χ4n) is 1.05. The van der Waals surface area contributed by atoms with Crippen LogP contribution >= 0.6 is 15.9 Å². The molecule has 0 heterocycles. The van der Waals surface area contributed by atoms with Gasteiger partial charge in [-0.2, -0.15) is 0 Å². The Bertz CT molecular complexity index is 190. The van der Waals surface area contributed by atoms with Crippen molar-refractivity contribution < 1.29 is 0 Å². The van der Waals surface area contributed by atoms with Gasteiger partial charge in [0.15, 0.2) is 0 Å². The van der Waals surface area contributed by atoms with Gasteiger partial charge in [0, 0.05) is 13.1 Å². The summed E-state index contributed by atoms with van der Waals surface area (Å²) in [6.07, 6.45) is 0. The third-order valence-corrected chi connectivity index (χ3v) is 6.42. The minimum absolute atomic E-state index is 1.08. The molecule has 0 aromatic heterocycles. The molecule has 0 aliphatic rings. The molecule has 0 spiro atoms. The van der Waals surface area contributed by atoms with Crippen molar-refractivity contribution in [3.63, 3.8) is 0 Å². The molecule has 0 aromatic rings. The third kappa shape index (κ3) is 3.86. The normalized spacial score (nSPS) is 14.1. The van der Waals surface area contributed by atoms with E-state index < -0.39 is 8.07 Å². The average Bonchev–Trinajstić information content (AvgIpc) is 2.03. The van der Waals surface area contributed by atoms with Crippen molar-refractivity contribution in [2.45, 2.75) is 40.4 Å². The van der Waals surface area contributed by atoms with Gasteiger partial charge in [0.2, 0.25) is 0 Å². The highest BCUT2D eigenvalue weighted by Crippen LogP contribution is 2.24. The second kappa shape index (κ2) is 5.20. The topological polar surface area (TPSA) is 3.24 Å². The Morgan fingerprint density at radius 2 is 1.54 bits per heavy atom. The smallest absolute Gasteiger partial charge is 0.0755 e. The highest BCUT2D eigenvalue weighted by atomic mass is 79.9. The standard InChI is InChI=1S/C10H22BrNSi/c1-7-12(8-2)10(11)9(3)13(4,5)6/h7-8H2,1-6H3/b10-9-. The summed E-state index contributed by atoms with van der Waals surface area (Å²) in [5.74, 6) is 0. The number of hydrogen-bond donors (Lipinski definition) is 0. The molecule has 0 aliphatic heterocycles. The first-order chi connectivity index (χ1) is 5.84. The zero-order valence-corrected chi connectivity index (χ0v) is 12.3. The molecule has 0 amide bonds. The van der Waals surface area contributed by atoms with Crippen molar-refractivity contribution in [3.8, 4) is 0 Å². The molecule has 3 heteroatoms. The van der Waals surface area contributed by atoms with Gasteiger partial charge in [-0.15, -0.1) is 0 Å². The van der Waals surface area contributed by atoms with Crippen molar-refractivity contribution in [1.29, 1.82) is 0 Å². The van der Waals surface area contributed by atoms with Crippen LogP contribution in [0.5, 0.6) is 0 Å². The zero-order chi connectivity index (χ0) is 10.6. The van der Waals surface area contributed by atoms with Gasteiger partial charge >= 0.3 is 0 Å². The fourth-order valence-corrected chi connectivity index (χ4v) is 4.11. The minimum atomic E-state index is -1.13. The lowest BCUT2D eigenvalue weighted by Crippen LogP contribution is -2.28. The van der Waals surface area contributed by atoms with Crippen LogP contribution in [-0.2, 0) is 0 Å². The number of nitrogens with zero attached hydrogens (tertiary/aromatic N) is 1. The second-order valence-electron chi connectivity index (χ2n) is 4.34. The Morgan fingerprint density at radius 1 is 1.15 bits per heavy atom. The monoisotopic (exact) mass is 263 g/mol. The van der Waals surface area contributed by atoms with Crippen LogP contribution in [0.15, 0.2) is 9.80 Å². The quantitative estimate of drug-likeness (QED) is 0.551. The summed E-state index contributed by atoms with van der Waals surface area (Å²) < 4.78 is 1.32. The molecule has 0 radical (unpaired) electrons. The minimum Gasteiger partial charge on any atom is -0.367 e. The van der Waals surface area contributed by atoms with Crippen LogP contribution in [-0.4, -0.2) is 26.1 Å². The molecule has 0 unspecified atom stereocenters. The van der Waals surface area contributed by atoms with Gasteiger partial charge in [0.25, 0.3) is 0 Å². The molecule has 0 fully saturated rings. The predicted octanol–water partition coefficient (Wildman–Crippen LogP) is 3.83. The first kappa shape index (κ1) is 13.2. The van der Waals surface area contributed by atoms with E-state index in [1.54, 1.807) is 5.20 Å². The summed E-state index contributed by atoms with van der Waals surface area (Å²) in [6, 6.07) is 0. The molecule has 13 heavy (non-hydrogen) atoms. The van der Waals surface area contributed by atoms with E-state index in [0.717, 1.165) is 13.1 Å². The van der Waals surface area contributed by atoms with Crippen LogP contribution in [0.3, 0.4) is 0 Å². The van der Waals surface area contributed by atoms with Gasteiger partial charge in [-0.25, -0.2) is 0 Å². The summed E-state index contributed by atoms with van der Waals surface area (Å²) in [6.45, 7) is 16.0. The van der Waals surface area contributed by atoms with Crippen molar-refractivity contribution in [2.75, 3.05) is 13.1 Å². The van der Waals surface area contributed by atoms with E-state index in [1.807, 2.05) is 0 Å². The van der Waals surface area contributed by atoms with E-state index in [-0.39, 0.29) is 0 Å².